The minimum Gasteiger partial charge on any atom is -0.489 e. The van der Waals surface area contributed by atoms with Crippen LogP contribution in [0.15, 0.2) is 84.4 Å². The quantitative estimate of drug-likeness (QED) is 0.181. The molecule has 0 atom stereocenters. The molecule has 0 saturated heterocycles. The average molecular weight is 520 g/mol. The van der Waals surface area contributed by atoms with Crippen LogP contribution in [0, 0.1) is 0 Å². The first-order valence-electron chi connectivity index (χ1n) is 10.7. The molecule has 9 heteroatoms. The number of aromatic nitrogens is 5. The van der Waals surface area contributed by atoms with Gasteiger partial charge in [-0.25, -0.2) is 15.0 Å². The molecule has 0 bridgehead atoms. The van der Waals surface area contributed by atoms with Gasteiger partial charge in [0, 0.05) is 24.2 Å². The van der Waals surface area contributed by atoms with E-state index in [1.54, 1.807) is 18.6 Å². The van der Waals surface area contributed by atoms with Crippen LogP contribution in [0.25, 0.3) is 34.0 Å². The third-order valence-electron chi connectivity index (χ3n) is 5.22. The first-order valence-corrected chi connectivity index (χ1v) is 12.6. The van der Waals surface area contributed by atoms with Crippen molar-refractivity contribution >= 4 is 35.0 Å². The number of ether oxygens (including phenoxy) is 1. The highest BCUT2D eigenvalue weighted by atomic mass is 35.5. The van der Waals surface area contributed by atoms with Crippen LogP contribution in [0.5, 0.6) is 5.75 Å². The molecule has 35 heavy (non-hydrogen) atoms. The van der Waals surface area contributed by atoms with Crippen LogP contribution in [0.4, 0.5) is 0 Å². The molecule has 0 radical (unpaired) electrons. The molecule has 5 rings (SSSR count). The summed E-state index contributed by atoms with van der Waals surface area (Å²) in [5.74, 6) is 1.25. The second-order valence-corrected chi connectivity index (χ2v) is 9.11. The number of H-pyrrole nitrogens is 1. The molecule has 0 fully saturated rings. The van der Waals surface area contributed by atoms with Gasteiger partial charge in [0.1, 0.15) is 18.2 Å². The number of hydrogen-bond acceptors (Lipinski definition) is 6. The van der Waals surface area contributed by atoms with Gasteiger partial charge in [-0.05, 0) is 30.0 Å². The Balaban J connectivity index is 1.59. The van der Waals surface area contributed by atoms with Crippen molar-refractivity contribution in [1.82, 2.24) is 24.9 Å². The second-order valence-electron chi connectivity index (χ2n) is 7.52. The fraction of sp³-hybridized carbons (Fsp3) is 0.0769. The number of nitrogens with one attached hydrogen (secondary N) is 1. The number of pyridine rings is 1. The first kappa shape index (κ1) is 23.4. The Bertz CT molecular complexity index is 1460. The van der Waals surface area contributed by atoms with Crippen molar-refractivity contribution < 1.29 is 4.74 Å². The van der Waals surface area contributed by atoms with E-state index in [9.17, 15) is 0 Å². The molecule has 3 heterocycles. The monoisotopic (exact) mass is 519 g/mol. The van der Waals surface area contributed by atoms with E-state index in [1.807, 2.05) is 66.9 Å². The van der Waals surface area contributed by atoms with Crippen LogP contribution in [0.2, 0.25) is 10.0 Å². The SMILES string of the molecule is CSc1nccc(-c2[nH]c(-c3c(Cl)cncc3Cl)nc2-c2cccc(OCc3ccccc3)c2)n1. The van der Waals surface area contributed by atoms with E-state index in [4.69, 9.17) is 32.9 Å². The fourth-order valence-electron chi connectivity index (χ4n) is 3.58. The largest absolute Gasteiger partial charge is 0.489 e. The van der Waals surface area contributed by atoms with Crippen molar-refractivity contribution in [2.75, 3.05) is 6.26 Å². The summed E-state index contributed by atoms with van der Waals surface area (Å²) in [7, 11) is 0. The molecule has 0 spiro atoms. The van der Waals surface area contributed by atoms with Crippen LogP contribution in [-0.2, 0) is 6.61 Å². The number of nitrogens with zero attached hydrogens (tertiary/aromatic N) is 4. The predicted octanol–water partition coefficient (Wildman–Crippen LogP) is 7.20. The summed E-state index contributed by atoms with van der Waals surface area (Å²) in [5.41, 5.74) is 4.65. The minimum absolute atomic E-state index is 0.400. The average Bonchev–Trinajstić information content (AvgIpc) is 3.33. The third-order valence-corrected chi connectivity index (χ3v) is 6.36. The number of imidazole rings is 1. The van der Waals surface area contributed by atoms with Crippen molar-refractivity contribution in [2.45, 2.75) is 11.8 Å². The third kappa shape index (κ3) is 5.17. The van der Waals surface area contributed by atoms with Crippen molar-refractivity contribution in [3.8, 4) is 39.8 Å². The van der Waals surface area contributed by atoms with Crippen molar-refractivity contribution in [1.29, 1.82) is 0 Å². The number of aromatic amines is 1. The molecule has 0 unspecified atom stereocenters. The lowest BCUT2D eigenvalue weighted by Gasteiger charge is -2.08. The fourth-order valence-corrected chi connectivity index (χ4v) is 4.48. The van der Waals surface area contributed by atoms with Gasteiger partial charge in [-0.15, -0.1) is 0 Å². The predicted molar refractivity (Wildman–Crippen MR) is 141 cm³/mol. The summed E-state index contributed by atoms with van der Waals surface area (Å²) >= 11 is 14.3. The van der Waals surface area contributed by atoms with Gasteiger partial charge in [0.15, 0.2) is 5.16 Å². The topological polar surface area (TPSA) is 76.6 Å². The highest BCUT2D eigenvalue weighted by Gasteiger charge is 2.20. The van der Waals surface area contributed by atoms with E-state index in [1.165, 1.54) is 11.8 Å². The number of benzene rings is 2. The second kappa shape index (κ2) is 10.5. The summed E-state index contributed by atoms with van der Waals surface area (Å²) in [6.45, 7) is 0.466. The van der Waals surface area contributed by atoms with E-state index < -0.39 is 0 Å². The Morgan fingerprint density at radius 3 is 2.51 bits per heavy atom. The van der Waals surface area contributed by atoms with Gasteiger partial charge in [0.2, 0.25) is 0 Å². The molecule has 0 amide bonds. The lowest BCUT2D eigenvalue weighted by atomic mass is 10.1. The maximum Gasteiger partial charge on any atom is 0.187 e. The Morgan fingerprint density at radius 2 is 1.74 bits per heavy atom. The Labute approximate surface area is 216 Å². The molecule has 1 N–H and O–H groups in total. The molecule has 2 aromatic carbocycles. The lowest BCUT2D eigenvalue weighted by Crippen LogP contribution is -1.95. The summed E-state index contributed by atoms with van der Waals surface area (Å²) in [5, 5.41) is 1.46. The first-order chi connectivity index (χ1) is 17.1. The van der Waals surface area contributed by atoms with E-state index in [0.717, 1.165) is 22.6 Å². The summed E-state index contributed by atoms with van der Waals surface area (Å²) in [6, 6.07) is 19.7. The molecular weight excluding hydrogens is 501 g/mol. The number of hydrogen-bond donors (Lipinski definition) is 1. The zero-order chi connectivity index (χ0) is 24.2. The molecule has 0 aliphatic heterocycles. The Kier molecular flexibility index (Phi) is 6.99. The number of halogens is 2. The maximum absolute atomic E-state index is 6.43. The normalized spacial score (nSPS) is 10.9. The van der Waals surface area contributed by atoms with E-state index >= 15 is 0 Å². The van der Waals surface area contributed by atoms with E-state index in [0.29, 0.717) is 44.6 Å². The highest BCUT2D eigenvalue weighted by Crippen LogP contribution is 2.38. The molecule has 5 aromatic rings. The van der Waals surface area contributed by atoms with Gasteiger partial charge in [0.25, 0.3) is 0 Å². The summed E-state index contributed by atoms with van der Waals surface area (Å²) in [4.78, 5) is 21.3. The number of rotatable bonds is 7. The summed E-state index contributed by atoms with van der Waals surface area (Å²) in [6.07, 6.45) is 6.74. The minimum atomic E-state index is 0.400. The van der Waals surface area contributed by atoms with Gasteiger partial charge in [-0.2, -0.15) is 0 Å². The Morgan fingerprint density at radius 1 is 0.943 bits per heavy atom. The van der Waals surface area contributed by atoms with E-state index in [2.05, 4.69) is 19.9 Å². The maximum atomic E-state index is 6.43. The lowest BCUT2D eigenvalue weighted by molar-refractivity contribution is 0.306. The molecule has 0 aliphatic carbocycles. The zero-order valence-electron chi connectivity index (χ0n) is 18.6. The zero-order valence-corrected chi connectivity index (χ0v) is 20.9. The van der Waals surface area contributed by atoms with Crippen LogP contribution >= 0.6 is 35.0 Å². The van der Waals surface area contributed by atoms with Crippen LogP contribution in [0.1, 0.15) is 5.56 Å². The van der Waals surface area contributed by atoms with Crippen LogP contribution < -0.4 is 4.74 Å². The smallest absolute Gasteiger partial charge is 0.187 e. The van der Waals surface area contributed by atoms with Gasteiger partial charge < -0.3 is 9.72 Å². The molecule has 6 nitrogen and oxygen atoms in total. The van der Waals surface area contributed by atoms with Gasteiger partial charge >= 0.3 is 0 Å². The van der Waals surface area contributed by atoms with Gasteiger partial charge in [0.05, 0.1) is 32.7 Å². The summed E-state index contributed by atoms with van der Waals surface area (Å²) < 4.78 is 6.05. The van der Waals surface area contributed by atoms with Crippen molar-refractivity contribution in [3.05, 3.63) is 94.9 Å². The highest BCUT2D eigenvalue weighted by molar-refractivity contribution is 7.98. The molecule has 0 saturated carbocycles. The molecular formula is C26H19Cl2N5OS. The van der Waals surface area contributed by atoms with Crippen molar-refractivity contribution in [2.24, 2.45) is 0 Å². The Hall–Kier alpha value is -3.39. The molecule has 0 aliphatic rings. The van der Waals surface area contributed by atoms with Crippen molar-refractivity contribution in [3.63, 3.8) is 0 Å². The standard InChI is InChI=1S/C26H19Cl2N5OS/c1-35-26-30-11-10-21(31-26)24-23(32-25(33-24)22-19(27)13-29-14-20(22)28)17-8-5-9-18(12-17)34-15-16-6-3-2-4-7-16/h2-14H,15H2,1H3,(H,32,33). The van der Waals surface area contributed by atoms with E-state index in [-0.39, 0.29) is 0 Å². The van der Waals surface area contributed by atoms with Crippen LogP contribution in [-0.4, -0.2) is 31.2 Å². The molecule has 174 valence electrons. The van der Waals surface area contributed by atoms with Gasteiger partial charge in [-0.3, -0.25) is 4.98 Å². The number of thioether (sulfide) groups is 1. The van der Waals surface area contributed by atoms with Crippen LogP contribution in [0.3, 0.4) is 0 Å². The van der Waals surface area contributed by atoms with Gasteiger partial charge in [-0.1, -0.05) is 77.4 Å². The molecule has 3 aromatic heterocycles.